The number of halogens is 1. The molecule has 0 aliphatic carbocycles. The quantitative estimate of drug-likeness (QED) is 0.858. The Bertz CT molecular complexity index is 461. The number of aromatic nitrogens is 2. The van der Waals surface area contributed by atoms with E-state index < -0.39 is 9.84 Å². The van der Waals surface area contributed by atoms with Gasteiger partial charge in [-0.05, 0) is 18.4 Å². The van der Waals surface area contributed by atoms with Gasteiger partial charge in [-0.1, -0.05) is 0 Å². The molecule has 0 bridgehead atoms. The van der Waals surface area contributed by atoms with E-state index in [1.165, 1.54) is 0 Å². The second-order valence-electron chi connectivity index (χ2n) is 4.09. The smallest absolute Gasteiger partial charge is 0.150 e. The number of sulfone groups is 1. The van der Waals surface area contributed by atoms with Gasteiger partial charge in [-0.2, -0.15) is 0 Å². The maximum Gasteiger partial charge on any atom is 0.150 e. The van der Waals surface area contributed by atoms with Crippen molar-refractivity contribution in [1.29, 1.82) is 0 Å². The third-order valence-electron chi connectivity index (χ3n) is 2.84. The molecule has 0 aromatic carbocycles. The van der Waals surface area contributed by atoms with Crippen molar-refractivity contribution >= 4 is 22.2 Å². The summed E-state index contributed by atoms with van der Waals surface area (Å²) in [5, 5.41) is 0. The van der Waals surface area contributed by atoms with Gasteiger partial charge in [0.25, 0.3) is 0 Å². The molecule has 2 heterocycles. The van der Waals surface area contributed by atoms with Crippen LogP contribution >= 0.6 is 12.4 Å². The van der Waals surface area contributed by atoms with Gasteiger partial charge in [0, 0.05) is 18.3 Å². The first-order valence-electron chi connectivity index (χ1n) is 5.32. The van der Waals surface area contributed by atoms with E-state index in [2.05, 4.69) is 9.97 Å². The zero-order chi connectivity index (χ0) is 11.6. The third-order valence-corrected chi connectivity index (χ3v) is 4.66. The van der Waals surface area contributed by atoms with Crippen molar-refractivity contribution in [3.63, 3.8) is 0 Å². The van der Waals surface area contributed by atoms with Gasteiger partial charge in [0.2, 0.25) is 0 Å². The predicted octanol–water partition coefficient (Wildman–Crippen LogP) is 0.649. The molecule has 2 rings (SSSR count). The van der Waals surface area contributed by atoms with Crippen molar-refractivity contribution < 1.29 is 8.42 Å². The molecule has 0 spiro atoms. The topological polar surface area (TPSA) is 85.9 Å². The van der Waals surface area contributed by atoms with E-state index in [4.69, 9.17) is 5.73 Å². The first kappa shape index (κ1) is 14.3. The average Bonchev–Trinajstić information content (AvgIpc) is 2.28. The van der Waals surface area contributed by atoms with Crippen LogP contribution in [-0.4, -0.2) is 29.9 Å². The molecule has 17 heavy (non-hydrogen) atoms. The lowest BCUT2D eigenvalue weighted by atomic mass is 9.99. The summed E-state index contributed by atoms with van der Waals surface area (Å²) in [4.78, 5) is 8.18. The molecule has 1 aliphatic rings. The Labute approximate surface area is 107 Å². The van der Waals surface area contributed by atoms with Crippen LogP contribution in [0.2, 0.25) is 0 Å². The molecule has 5 nitrogen and oxygen atoms in total. The maximum atomic E-state index is 11.5. The zero-order valence-corrected chi connectivity index (χ0v) is 11.0. The van der Waals surface area contributed by atoms with E-state index in [9.17, 15) is 8.42 Å². The number of hydrogen-bond acceptors (Lipinski definition) is 5. The van der Waals surface area contributed by atoms with Crippen LogP contribution in [0.5, 0.6) is 0 Å². The highest BCUT2D eigenvalue weighted by Gasteiger charge is 2.26. The highest BCUT2D eigenvalue weighted by Crippen LogP contribution is 2.27. The van der Waals surface area contributed by atoms with Crippen LogP contribution in [0.4, 0.5) is 0 Å². The first-order valence-corrected chi connectivity index (χ1v) is 7.14. The van der Waals surface area contributed by atoms with E-state index >= 15 is 0 Å². The van der Waals surface area contributed by atoms with Crippen molar-refractivity contribution in [2.75, 3.05) is 11.5 Å². The van der Waals surface area contributed by atoms with E-state index in [0.717, 1.165) is 18.4 Å². The molecule has 2 N–H and O–H groups in total. The molecule has 1 saturated heterocycles. The molecule has 1 fully saturated rings. The normalized spacial score (nSPS) is 22.8. The molecule has 1 atom stereocenters. The monoisotopic (exact) mass is 277 g/mol. The summed E-state index contributed by atoms with van der Waals surface area (Å²) in [6, 6.07) is 0. The molecule has 1 unspecified atom stereocenters. The molecule has 0 saturated carbocycles. The van der Waals surface area contributed by atoms with Gasteiger partial charge >= 0.3 is 0 Å². The van der Waals surface area contributed by atoms with Gasteiger partial charge in [0.1, 0.15) is 5.82 Å². The molecule has 1 aromatic rings. The summed E-state index contributed by atoms with van der Waals surface area (Å²) in [5.74, 6) is 1.16. The minimum Gasteiger partial charge on any atom is -0.324 e. The number of rotatable bonds is 2. The van der Waals surface area contributed by atoms with E-state index in [0.29, 0.717) is 18.1 Å². The van der Waals surface area contributed by atoms with Crippen molar-refractivity contribution in [2.45, 2.75) is 25.3 Å². The number of nitrogens with two attached hydrogens (primary N) is 1. The Morgan fingerprint density at radius 1 is 1.35 bits per heavy atom. The minimum absolute atomic E-state index is 0. The average molecular weight is 278 g/mol. The third kappa shape index (κ3) is 3.62. The lowest BCUT2D eigenvalue weighted by Gasteiger charge is -2.21. The van der Waals surface area contributed by atoms with E-state index in [1.807, 2.05) is 0 Å². The Morgan fingerprint density at radius 2 is 2.00 bits per heavy atom. The summed E-state index contributed by atoms with van der Waals surface area (Å²) < 4.78 is 23.0. The molecule has 7 heteroatoms. The Balaban J connectivity index is 0.00000144. The fraction of sp³-hybridized carbons (Fsp3) is 0.600. The predicted molar refractivity (Wildman–Crippen MR) is 67.8 cm³/mol. The molecule has 96 valence electrons. The molecule has 0 radical (unpaired) electrons. The summed E-state index contributed by atoms with van der Waals surface area (Å²) >= 11 is 0. The first-order chi connectivity index (χ1) is 7.61. The number of nitrogens with zero attached hydrogens (tertiary/aromatic N) is 2. The van der Waals surface area contributed by atoms with Gasteiger partial charge in [0.05, 0.1) is 18.1 Å². The van der Waals surface area contributed by atoms with Crippen molar-refractivity contribution in [2.24, 2.45) is 5.73 Å². The van der Waals surface area contributed by atoms with Gasteiger partial charge < -0.3 is 5.73 Å². The SMILES string of the molecule is Cl.NCc1ncc(C2CCCS(=O)(=O)C2)cn1. The van der Waals surface area contributed by atoms with Crippen LogP contribution in [0.15, 0.2) is 12.4 Å². The Kier molecular flexibility index (Phi) is 4.85. The van der Waals surface area contributed by atoms with Gasteiger partial charge in [-0.3, -0.25) is 0 Å². The van der Waals surface area contributed by atoms with Crippen molar-refractivity contribution in [3.05, 3.63) is 23.8 Å². The van der Waals surface area contributed by atoms with Gasteiger partial charge in [-0.15, -0.1) is 12.4 Å². The Morgan fingerprint density at radius 3 is 2.53 bits per heavy atom. The summed E-state index contributed by atoms with van der Waals surface area (Å²) in [6.45, 7) is 0.309. The molecule has 0 amide bonds. The minimum atomic E-state index is -2.88. The fourth-order valence-electron chi connectivity index (χ4n) is 1.97. The van der Waals surface area contributed by atoms with Crippen LogP contribution in [-0.2, 0) is 16.4 Å². The van der Waals surface area contributed by atoms with Crippen LogP contribution in [0.25, 0.3) is 0 Å². The van der Waals surface area contributed by atoms with Crippen LogP contribution in [0.1, 0.15) is 30.1 Å². The standard InChI is InChI=1S/C10H15N3O2S.ClH/c11-4-10-12-5-9(6-13-10)8-2-1-3-16(14,15)7-8;/h5-6,8H,1-4,7,11H2;1H. The lowest BCUT2D eigenvalue weighted by molar-refractivity contribution is 0.552. The van der Waals surface area contributed by atoms with Crippen molar-refractivity contribution in [1.82, 2.24) is 9.97 Å². The highest BCUT2D eigenvalue weighted by molar-refractivity contribution is 7.91. The molecular weight excluding hydrogens is 262 g/mol. The fourth-order valence-corrected chi connectivity index (χ4v) is 3.71. The highest BCUT2D eigenvalue weighted by atomic mass is 35.5. The van der Waals surface area contributed by atoms with Crippen LogP contribution in [0.3, 0.4) is 0 Å². The number of hydrogen-bond donors (Lipinski definition) is 1. The second kappa shape index (κ2) is 5.75. The van der Waals surface area contributed by atoms with Crippen LogP contribution < -0.4 is 5.73 Å². The summed E-state index contributed by atoms with van der Waals surface area (Å²) in [5.41, 5.74) is 6.30. The summed E-state index contributed by atoms with van der Waals surface area (Å²) in [7, 11) is -2.88. The van der Waals surface area contributed by atoms with E-state index in [-0.39, 0.29) is 24.1 Å². The molecule has 1 aliphatic heterocycles. The molecule has 1 aromatic heterocycles. The zero-order valence-electron chi connectivity index (χ0n) is 9.37. The van der Waals surface area contributed by atoms with Gasteiger partial charge in [-0.25, -0.2) is 18.4 Å². The summed E-state index contributed by atoms with van der Waals surface area (Å²) in [6.07, 6.45) is 5.01. The van der Waals surface area contributed by atoms with Crippen molar-refractivity contribution in [3.8, 4) is 0 Å². The van der Waals surface area contributed by atoms with Crippen LogP contribution in [0, 0.1) is 0 Å². The van der Waals surface area contributed by atoms with E-state index in [1.54, 1.807) is 12.4 Å². The second-order valence-corrected chi connectivity index (χ2v) is 6.32. The lowest BCUT2D eigenvalue weighted by Crippen LogP contribution is -2.24. The van der Waals surface area contributed by atoms with Gasteiger partial charge in [0.15, 0.2) is 9.84 Å². The molecular formula is C10H16ClN3O2S. The maximum absolute atomic E-state index is 11.5. The largest absolute Gasteiger partial charge is 0.324 e. The Hall–Kier alpha value is -0.720.